The molecule has 0 amide bonds. The number of hydrogen-bond donors (Lipinski definition) is 0. The van der Waals surface area contributed by atoms with Crippen molar-refractivity contribution in [3.05, 3.63) is 24.3 Å². The van der Waals surface area contributed by atoms with Crippen LogP contribution in [0.15, 0.2) is 24.3 Å². The lowest BCUT2D eigenvalue weighted by molar-refractivity contribution is -0.149. The fourth-order valence-electron chi connectivity index (χ4n) is 8.27. The molecule has 29 heavy (non-hydrogen) atoms. The van der Waals surface area contributed by atoms with Crippen LogP contribution in [-0.4, -0.2) is 5.78 Å². The molecule has 162 valence electrons. The largest absolute Gasteiger partial charge is 0.299 e. The Balaban J connectivity index is 1.55. The molecular formula is C28H44O. The minimum Gasteiger partial charge on any atom is -0.299 e. The number of hydrogen-bond acceptors (Lipinski definition) is 1. The smallest absolute Gasteiger partial charge is 0.137 e. The fourth-order valence-corrected chi connectivity index (χ4v) is 8.27. The number of carbonyl (C=O) groups excluding carboxylic acids is 1. The Morgan fingerprint density at radius 3 is 2.41 bits per heavy atom. The highest BCUT2D eigenvalue weighted by molar-refractivity contribution is 5.83. The van der Waals surface area contributed by atoms with Crippen LogP contribution >= 0.6 is 0 Å². The summed E-state index contributed by atoms with van der Waals surface area (Å²) < 4.78 is 0. The van der Waals surface area contributed by atoms with Gasteiger partial charge < -0.3 is 0 Å². The number of allylic oxidation sites excluding steroid dienone is 4. The van der Waals surface area contributed by atoms with Crippen LogP contribution in [0.4, 0.5) is 0 Å². The van der Waals surface area contributed by atoms with Gasteiger partial charge in [0.25, 0.3) is 0 Å². The molecule has 3 saturated carbocycles. The topological polar surface area (TPSA) is 17.1 Å². The van der Waals surface area contributed by atoms with E-state index in [0.29, 0.717) is 40.8 Å². The summed E-state index contributed by atoms with van der Waals surface area (Å²) in [7, 11) is 0. The van der Waals surface area contributed by atoms with Crippen molar-refractivity contribution in [2.45, 2.75) is 86.5 Å². The van der Waals surface area contributed by atoms with Crippen LogP contribution in [-0.2, 0) is 4.79 Å². The molecule has 4 aliphatic carbocycles. The lowest BCUT2D eigenvalue weighted by atomic mass is 9.45. The minimum absolute atomic E-state index is 0.229. The Labute approximate surface area is 179 Å². The summed E-state index contributed by atoms with van der Waals surface area (Å²) in [4.78, 5) is 13.2. The maximum atomic E-state index is 13.2. The van der Waals surface area contributed by atoms with Gasteiger partial charge in [-0.15, -0.1) is 0 Å². The van der Waals surface area contributed by atoms with Gasteiger partial charge >= 0.3 is 0 Å². The van der Waals surface area contributed by atoms with Gasteiger partial charge in [-0.2, -0.15) is 0 Å². The summed E-state index contributed by atoms with van der Waals surface area (Å²) in [5.41, 5.74) is 0.659. The first-order chi connectivity index (χ1) is 13.7. The van der Waals surface area contributed by atoms with E-state index in [0.717, 1.165) is 37.0 Å². The quantitative estimate of drug-likeness (QED) is 0.450. The van der Waals surface area contributed by atoms with Crippen molar-refractivity contribution in [2.24, 2.45) is 58.2 Å². The van der Waals surface area contributed by atoms with E-state index in [1.54, 1.807) is 0 Å². The van der Waals surface area contributed by atoms with Crippen molar-refractivity contribution in [3.8, 4) is 0 Å². The van der Waals surface area contributed by atoms with E-state index in [9.17, 15) is 4.79 Å². The Hall–Kier alpha value is -0.850. The zero-order chi connectivity index (χ0) is 21.0. The third kappa shape index (κ3) is 3.39. The van der Waals surface area contributed by atoms with Crippen LogP contribution in [0.5, 0.6) is 0 Å². The second-order valence-corrected chi connectivity index (χ2v) is 12.1. The first-order valence-corrected chi connectivity index (χ1v) is 12.5. The molecule has 0 radical (unpaired) electrons. The van der Waals surface area contributed by atoms with Gasteiger partial charge in [-0.3, -0.25) is 4.79 Å². The molecule has 4 rings (SSSR count). The van der Waals surface area contributed by atoms with E-state index in [2.05, 4.69) is 65.8 Å². The molecule has 9 atom stereocenters. The van der Waals surface area contributed by atoms with Gasteiger partial charge in [0, 0.05) is 12.3 Å². The van der Waals surface area contributed by atoms with Crippen molar-refractivity contribution in [2.75, 3.05) is 0 Å². The van der Waals surface area contributed by atoms with Crippen molar-refractivity contribution < 1.29 is 4.79 Å². The molecule has 4 aliphatic rings. The van der Waals surface area contributed by atoms with Crippen LogP contribution in [0, 0.1) is 58.2 Å². The van der Waals surface area contributed by atoms with Gasteiger partial charge in [-0.1, -0.05) is 65.8 Å². The zero-order valence-electron chi connectivity index (χ0n) is 19.8. The monoisotopic (exact) mass is 396 g/mol. The maximum Gasteiger partial charge on any atom is 0.137 e. The van der Waals surface area contributed by atoms with Crippen molar-refractivity contribution in [1.82, 2.24) is 0 Å². The lowest BCUT2D eigenvalue weighted by Gasteiger charge is -2.59. The highest BCUT2D eigenvalue weighted by Crippen LogP contribution is 2.67. The summed E-state index contributed by atoms with van der Waals surface area (Å²) >= 11 is 0. The molecule has 0 N–H and O–H groups in total. The summed E-state index contributed by atoms with van der Waals surface area (Å²) in [5, 5.41) is 0. The number of Topliss-reactive ketones (excluding diaryl/α,β-unsaturated/α-hetero) is 1. The van der Waals surface area contributed by atoms with Crippen LogP contribution in [0.25, 0.3) is 0 Å². The molecule has 1 heteroatoms. The van der Waals surface area contributed by atoms with Crippen molar-refractivity contribution in [3.63, 3.8) is 0 Å². The minimum atomic E-state index is 0.229. The Morgan fingerprint density at radius 1 is 0.966 bits per heavy atom. The predicted molar refractivity (Wildman–Crippen MR) is 122 cm³/mol. The second-order valence-electron chi connectivity index (χ2n) is 12.1. The molecule has 1 nitrogen and oxygen atoms in total. The molecule has 3 fully saturated rings. The summed E-state index contributed by atoms with van der Waals surface area (Å²) in [5.74, 6) is 5.87. The molecule has 0 aromatic carbocycles. The van der Waals surface area contributed by atoms with Gasteiger partial charge in [0.2, 0.25) is 0 Å². The molecule has 4 unspecified atom stereocenters. The summed E-state index contributed by atoms with van der Waals surface area (Å²) in [6.45, 7) is 14.5. The van der Waals surface area contributed by atoms with Crippen LogP contribution in [0.1, 0.15) is 86.5 Å². The zero-order valence-corrected chi connectivity index (χ0v) is 19.8. The Kier molecular flexibility index (Phi) is 5.67. The number of carbonyl (C=O) groups is 1. The normalized spacial score (nSPS) is 46.4. The molecule has 0 saturated heterocycles. The van der Waals surface area contributed by atoms with E-state index in [1.165, 1.54) is 25.7 Å². The number of rotatable bonds is 4. The highest BCUT2D eigenvalue weighted by atomic mass is 16.1. The van der Waals surface area contributed by atoms with E-state index in [1.807, 2.05) is 0 Å². The summed E-state index contributed by atoms with van der Waals surface area (Å²) in [6.07, 6.45) is 18.1. The molecule has 0 heterocycles. The molecular weight excluding hydrogens is 352 g/mol. The average molecular weight is 397 g/mol. The van der Waals surface area contributed by atoms with E-state index in [4.69, 9.17) is 0 Å². The van der Waals surface area contributed by atoms with Gasteiger partial charge in [-0.25, -0.2) is 0 Å². The van der Waals surface area contributed by atoms with Crippen LogP contribution in [0.3, 0.4) is 0 Å². The number of fused-ring (bicyclic) bond motifs is 5. The molecule has 0 aliphatic heterocycles. The van der Waals surface area contributed by atoms with Crippen LogP contribution in [0.2, 0.25) is 0 Å². The Morgan fingerprint density at radius 2 is 1.69 bits per heavy atom. The van der Waals surface area contributed by atoms with Crippen molar-refractivity contribution >= 4 is 5.78 Å². The Bertz CT molecular complexity index is 686. The van der Waals surface area contributed by atoms with E-state index >= 15 is 0 Å². The predicted octanol–water partition coefficient (Wildman–Crippen LogP) is 7.47. The first kappa shape index (κ1) is 21.4. The molecule has 0 aromatic rings. The third-order valence-corrected chi connectivity index (χ3v) is 10.5. The summed E-state index contributed by atoms with van der Waals surface area (Å²) in [6, 6.07) is 0. The van der Waals surface area contributed by atoms with Gasteiger partial charge in [0.15, 0.2) is 0 Å². The van der Waals surface area contributed by atoms with Crippen LogP contribution < -0.4 is 0 Å². The SMILES string of the molecule is CC(C)[C@H](C)/C=C/C(C)[C@H]1CC[C@H]2C3CC(=O)[C@H]4CC=CCC4(C)[C@H]3CCC12C. The highest BCUT2D eigenvalue weighted by Gasteiger charge is 2.61. The molecule has 0 spiro atoms. The van der Waals surface area contributed by atoms with Gasteiger partial charge in [0.1, 0.15) is 5.78 Å². The van der Waals surface area contributed by atoms with Gasteiger partial charge in [-0.05, 0) is 90.8 Å². The maximum absolute atomic E-state index is 13.2. The third-order valence-electron chi connectivity index (χ3n) is 10.5. The average Bonchev–Trinajstić information content (AvgIpc) is 3.03. The second kappa shape index (κ2) is 7.69. The first-order valence-electron chi connectivity index (χ1n) is 12.5. The standard InChI is InChI=1S/C28H44O/c1-18(2)19(3)10-11-20(4)22-12-13-23-21-17-26(29)25-9-7-8-15-27(25,5)24(21)14-16-28(22,23)6/h7-8,10-11,18-25H,9,12-17H2,1-6H3/b11-10+/t19-,20?,21?,22-,23+,24+,25-,27?,28?/m1/s1. The fraction of sp³-hybridized carbons (Fsp3) is 0.821. The lowest BCUT2D eigenvalue weighted by Crippen LogP contribution is -2.55. The molecule has 0 aromatic heterocycles. The van der Waals surface area contributed by atoms with Gasteiger partial charge in [0.05, 0.1) is 0 Å². The van der Waals surface area contributed by atoms with E-state index < -0.39 is 0 Å². The number of ketones is 1. The van der Waals surface area contributed by atoms with E-state index in [-0.39, 0.29) is 5.41 Å². The van der Waals surface area contributed by atoms with Crippen molar-refractivity contribution in [1.29, 1.82) is 0 Å². The molecule has 0 bridgehead atoms.